The van der Waals surface area contributed by atoms with Crippen LogP contribution in [0.15, 0.2) is 53.9 Å². The minimum absolute atomic E-state index is 0.0183. The average Bonchev–Trinajstić information content (AvgIpc) is 3.37. The fraction of sp³-hybridized carbons (Fsp3) is 0.250. The second kappa shape index (κ2) is 8.81. The van der Waals surface area contributed by atoms with Crippen molar-refractivity contribution in [2.75, 3.05) is 14.2 Å². The third-order valence-electron chi connectivity index (χ3n) is 5.26. The predicted molar refractivity (Wildman–Crippen MR) is 124 cm³/mol. The Kier molecular flexibility index (Phi) is 5.95. The van der Waals surface area contributed by atoms with Crippen LogP contribution in [0.3, 0.4) is 0 Å². The van der Waals surface area contributed by atoms with Crippen LogP contribution >= 0.6 is 11.3 Å². The number of hydrogen-bond acceptors (Lipinski definition) is 5. The van der Waals surface area contributed by atoms with Gasteiger partial charge in [-0.3, -0.25) is 9.48 Å². The highest BCUT2D eigenvalue weighted by molar-refractivity contribution is 7.17. The second-order valence-electron chi connectivity index (χ2n) is 7.44. The molecule has 0 bridgehead atoms. The summed E-state index contributed by atoms with van der Waals surface area (Å²) < 4.78 is 13.6. The Hall–Kier alpha value is -3.32. The summed E-state index contributed by atoms with van der Waals surface area (Å²) >= 11 is 1.73. The molecule has 0 radical (unpaired) electrons. The quantitative estimate of drug-likeness (QED) is 0.458. The van der Waals surface area contributed by atoms with Gasteiger partial charge < -0.3 is 14.8 Å². The van der Waals surface area contributed by atoms with Gasteiger partial charge in [-0.05, 0) is 60.0 Å². The number of nitrogens with zero attached hydrogens (tertiary/aromatic N) is 2. The minimum Gasteiger partial charge on any atom is -0.497 e. The summed E-state index contributed by atoms with van der Waals surface area (Å²) in [6, 6.07) is 15.6. The van der Waals surface area contributed by atoms with Crippen LogP contribution in [0.4, 0.5) is 0 Å². The van der Waals surface area contributed by atoms with E-state index in [1.54, 1.807) is 43.4 Å². The van der Waals surface area contributed by atoms with Crippen LogP contribution in [0.1, 0.15) is 23.0 Å². The number of thiophene rings is 1. The highest BCUT2D eigenvalue weighted by Gasteiger charge is 2.19. The van der Waals surface area contributed by atoms with Crippen LogP contribution in [-0.2, 0) is 13.5 Å². The number of ether oxygens (including phenoxy) is 2. The standard InChI is InChI=1S/C24H25N3O3S/c1-15(11-16-14-31-23-8-6-5-7-18(16)23)25-24(28)21-13-20(26-27(21)2)19-12-17(29-3)9-10-22(19)30-4/h5-10,12-15H,11H2,1-4H3,(H,25,28). The number of rotatable bonds is 7. The number of amides is 1. The van der Waals surface area contributed by atoms with Gasteiger partial charge in [0.2, 0.25) is 0 Å². The Morgan fingerprint density at radius 1 is 1.16 bits per heavy atom. The SMILES string of the molecule is COc1ccc(OC)c(-c2cc(C(=O)NC(C)Cc3csc4ccccc34)n(C)n2)c1. The summed E-state index contributed by atoms with van der Waals surface area (Å²) in [7, 11) is 4.99. The first-order valence-corrected chi connectivity index (χ1v) is 10.9. The van der Waals surface area contributed by atoms with Crippen LogP contribution in [0.5, 0.6) is 11.5 Å². The molecule has 0 aliphatic heterocycles. The van der Waals surface area contributed by atoms with Crippen molar-refractivity contribution >= 4 is 27.3 Å². The molecule has 4 rings (SSSR count). The van der Waals surface area contributed by atoms with E-state index in [0.717, 1.165) is 12.0 Å². The Labute approximate surface area is 185 Å². The number of hydrogen-bond donors (Lipinski definition) is 1. The third kappa shape index (κ3) is 4.27. The molecule has 7 heteroatoms. The third-order valence-corrected chi connectivity index (χ3v) is 6.27. The first-order valence-electron chi connectivity index (χ1n) is 10.0. The van der Waals surface area contributed by atoms with E-state index in [0.29, 0.717) is 22.9 Å². The number of fused-ring (bicyclic) bond motifs is 1. The van der Waals surface area contributed by atoms with Crippen molar-refractivity contribution < 1.29 is 14.3 Å². The fourth-order valence-electron chi connectivity index (χ4n) is 3.70. The summed E-state index contributed by atoms with van der Waals surface area (Å²) in [4.78, 5) is 13.0. The Morgan fingerprint density at radius 3 is 2.74 bits per heavy atom. The van der Waals surface area contributed by atoms with Gasteiger partial charge in [0.1, 0.15) is 17.2 Å². The predicted octanol–water partition coefficient (Wildman–Crippen LogP) is 4.68. The molecule has 0 saturated heterocycles. The van der Waals surface area contributed by atoms with E-state index < -0.39 is 0 Å². The molecule has 2 aromatic heterocycles. The van der Waals surface area contributed by atoms with Gasteiger partial charge in [0.25, 0.3) is 5.91 Å². The van der Waals surface area contributed by atoms with Crippen LogP contribution in [0.2, 0.25) is 0 Å². The summed E-state index contributed by atoms with van der Waals surface area (Å²) in [5.41, 5.74) is 3.16. The molecule has 4 aromatic rings. The highest BCUT2D eigenvalue weighted by atomic mass is 32.1. The van der Waals surface area contributed by atoms with E-state index in [4.69, 9.17) is 9.47 Å². The zero-order chi connectivity index (χ0) is 22.0. The molecule has 1 N–H and O–H groups in total. The van der Waals surface area contributed by atoms with Gasteiger partial charge >= 0.3 is 0 Å². The molecule has 6 nitrogen and oxygen atoms in total. The van der Waals surface area contributed by atoms with Crippen LogP contribution < -0.4 is 14.8 Å². The number of carbonyl (C=O) groups is 1. The average molecular weight is 436 g/mol. The number of benzene rings is 2. The molecule has 0 aliphatic rings. The highest BCUT2D eigenvalue weighted by Crippen LogP contribution is 2.33. The molecule has 1 atom stereocenters. The second-order valence-corrected chi connectivity index (χ2v) is 8.35. The molecule has 2 aromatic carbocycles. The van der Waals surface area contributed by atoms with Gasteiger partial charge in [-0.25, -0.2) is 0 Å². The molecule has 1 amide bonds. The molecular weight excluding hydrogens is 410 g/mol. The molecular formula is C24H25N3O3S. The van der Waals surface area contributed by atoms with Gasteiger partial charge in [0, 0.05) is 23.4 Å². The summed E-state index contributed by atoms with van der Waals surface area (Å²) in [6.45, 7) is 2.02. The van der Waals surface area contributed by atoms with Gasteiger partial charge in [0.15, 0.2) is 0 Å². The first-order chi connectivity index (χ1) is 15.0. The summed E-state index contributed by atoms with van der Waals surface area (Å²) in [5.74, 6) is 1.21. The van der Waals surface area contributed by atoms with E-state index in [-0.39, 0.29) is 11.9 Å². The largest absolute Gasteiger partial charge is 0.497 e. The van der Waals surface area contributed by atoms with Gasteiger partial charge in [-0.15, -0.1) is 11.3 Å². The van der Waals surface area contributed by atoms with Crippen molar-refractivity contribution in [3.63, 3.8) is 0 Å². The van der Waals surface area contributed by atoms with Crippen molar-refractivity contribution in [3.05, 3.63) is 65.2 Å². The summed E-state index contributed by atoms with van der Waals surface area (Å²) in [6.07, 6.45) is 0.768. The lowest BCUT2D eigenvalue weighted by Gasteiger charge is -2.13. The topological polar surface area (TPSA) is 65.4 Å². The lowest BCUT2D eigenvalue weighted by Crippen LogP contribution is -2.35. The molecule has 0 saturated carbocycles. The number of nitrogens with one attached hydrogen (secondary N) is 1. The number of carbonyl (C=O) groups excluding carboxylic acids is 1. The lowest BCUT2D eigenvalue weighted by molar-refractivity contribution is 0.0930. The maximum atomic E-state index is 13.0. The van der Waals surface area contributed by atoms with Crippen LogP contribution in [0, 0.1) is 0 Å². The van der Waals surface area contributed by atoms with E-state index in [1.807, 2.05) is 37.3 Å². The molecule has 1 unspecified atom stereocenters. The van der Waals surface area contributed by atoms with Gasteiger partial charge in [-0.2, -0.15) is 5.10 Å². The van der Waals surface area contributed by atoms with Crippen molar-refractivity contribution in [3.8, 4) is 22.8 Å². The normalized spacial score (nSPS) is 12.0. The zero-order valence-electron chi connectivity index (χ0n) is 18.0. The van der Waals surface area contributed by atoms with E-state index in [1.165, 1.54) is 15.6 Å². The molecule has 2 heterocycles. The molecule has 0 fully saturated rings. The lowest BCUT2D eigenvalue weighted by atomic mass is 10.1. The van der Waals surface area contributed by atoms with Gasteiger partial charge in [-0.1, -0.05) is 18.2 Å². The smallest absolute Gasteiger partial charge is 0.269 e. The molecule has 0 spiro atoms. The number of aromatic nitrogens is 2. The zero-order valence-corrected chi connectivity index (χ0v) is 18.8. The van der Waals surface area contributed by atoms with Gasteiger partial charge in [0.05, 0.1) is 19.9 Å². The van der Waals surface area contributed by atoms with Crippen LogP contribution in [0.25, 0.3) is 21.3 Å². The van der Waals surface area contributed by atoms with E-state index in [2.05, 4.69) is 27.9 Å². The Bertz CT molecular complexity index is 1230. The van der Waals surface area contributed by atoms with Crippen LogP contribution in [-0.4, -0.2) is 35.9 Å². The van der Waals surface area contributed by atoms with E-state index in [9.17, 15) is 4.79 Å². The Balaban J connectivity index is 1.53. The van der Waals surface area contributed by atoms with Crippen molar-refractivity contribution in [1.29, 1.82) is 0 Å². The van der Waals surface area contributed by atoms with Crippen molar-refractivity contribution in [1.82, 2.24) is 15.1 Å². The number of aryl methyl sites for hydroxylation is 1. The van der Waals surface area contributed by atoms with Crippen molar-refractivity contribution in [2.24, 2.45) is 7.05 Å². The maximum absolute atomic E-state index is 13.0. The number of methoxy groups -OCH3 is 2. The minimum atomic E-state index is -0.157. The first kappa shape index (κ1) is 20.9. The fourth-order valence-corrected chi connectivity index (χ4v) is 4.67. The molecule has 31 heavy (non-hydrogen) atoms. The Morgan fingerprint density at radius 2 is 1.97 bits per heavy atom. The van der Waals surface area contributed by atoms with Crippen molar-refractivity contribution in [2.45, 2.75) is 19.4 Å². The summed E-state index contributed by atoms with van der Waals surface area (Å²) in [5, 5.41) is 11.1. The maximum Gasteiger partial charge on any atom is 0.269 e. The van der Waals surface area contributed by atoms with E-state index >= 15 is 0 Å². The monoisotopic (exact) mass is 435 g/mol. The molecule has 0 aliphatic carbocycles. The molecule has 160 valence electrons.